The molecule has 0 bridgehead atoms. The van der Waals surface area contributed by atoms with Gasteiger partial charge in [-0.05, 0) is 18.9 Å². The number of nitrogens with one attached hydrogen (secondary N) is 1. The maximum Gasteiger partial charge on any atom is 0.322 e. The molecule has 0 aromatic rings. The second-order valence-electron chi connectivity index (χ2n) is 3.53. The molecule has 1 heterocycles. The van der Waals surface area contributed by atoms with Crippen molar-refractivity contribution in [1.82, 2.24) is 5.32 Å². The van der Waals surface area contributed by atoms with Gasteiger partial charge in [0.15, 0.2) is 0 Å². The third-order valence-corrected chi connectivity index (χ3v) is 1.84. The molecule has 3 heteroatoms. The fourth-order valence-electron chi connectivity index (χ4n) is 1.23. The summed E-state index contributed by atoms with van der Waals surface area (Å²) in [4.78, 5) is 10.9. The van der Waals surface area contributed by atoms with Crippen LogP contribution in [0.5, 0.6) is 0 Å². The van der Waals surface area contributed by atoms with Crippen molar-refractivity contribution < 1.29 is 9.53 Å². The van der Waals surface area contributed by atoms with E-state index in [0.29, 0.717) is 5.92 Å². The van der Waals surface area contributed by atoms with Gasteiger partial charge >= 0.3 is 5.97 Å². The van der Waals surface area contributed by atoms with Gasteiger partial charge in [-0.1, -0.05) is 41.0 Å². The van der Waals surface area contributed by atoms with E-state index in [1.165, 1.54) is 13.5 Å². The average molecular weight is 217 g/mol. The van der Waals surface area contributed by atoms with E-state index in [-0.39, 0.29) is 12.0 Å². The van der Waals surface area contributed by atoms with Crippen molar-refractivity contribution in [2.75, 3.05) is 13.7 Å². The molecule has 1 aliphatic heterocycles. The summed E-state index contributed by atoms with van der Waals surface area (Å²) in [7, 11) is 1.42. The number of carbonyl (C=O) groups excluding carboxylic acids is 1. The highest BCUT2D eigenvalue weighted by Gasteiger charge is 2.26. The topological polar surface area (TPSA) is 38.3 Å². The van der Waals surface area contributed by atoms with Crippen molar-refractivity contribution in [2.24, 2.45) is 5.92 Å². The third-order valence-electron chi connectivity index (χ3n) is 1.84. The summed E-state index contributed by atoms with van der Waals surface area (Å²) in [6.45, 7) is 11.3. The summed E-state index contributed by atoms with van der Waals surface area (Å²) in [6, 6.07) is -0.0556. The Hall–Kier alpha value is -0.570. The Morgan fingerprint density at radius 2 is 1.87 bits per heavy atom. The van der Waals surface area contributed by atoms with E-state index in [4.69, 9.17) is 0 Å². The summed E-state index contributed by atoms with van der Waals surface area (Å²) in [5, 5.41) is 3.08. The Kier molecular flexibility index (Phi) is 12.9. The number of methoxy groups -OCH3 is 1. The van der Waals surface area contributed by atoms with Gasteiger partial charge in [0.1, 0.15) is 6.04 Å². The molecule has 1 fully saturated rings. The molecule has 0 amide bonds. The predicted molar refractivity (Wildman–Crippen MR) is 64.9 cm³/mol. The molecule has 1 unspecified atom stereocenters. The number of hydrogen-bond acceptors (Lipinski definition) is 3. The van der Waals surface area contributed by atoms with Crippen LogP contribution in [0.2, 0.25) is 0 Å². The molecule has 3 nitrogen and oxygen atoms in total. The average Bonchev–Trinajstić information content (AvgIpc) is 2.68. The van der Waals surface area contributed by atoms with E-state index >= 15 is 0 Å². The lowest BCUT2D eigenvalue weighted by atomic mass is 10.1. The van der Waals surface area contributed by atoms with Crippen LogP contribution in [0, 0.1) is 5.92 Å². The molecule has 1 aliphatic rings. The second-order valence-corrected chi connectivity index (χ2v) is 3.53. The molecule has 92 valence electrons. The Bertz CT molecular complexity index is 149. The van der Waals surface area contributed by atoms with E-state index in [1.54, 1.807) is 0 Å². The normalized spacial score (nSPS) is 23.1. The quantitative estimate of drug-likeness (QED) is 0.686. The van der Waals surface area contributed by atoms with Crippen molar-refractivity contribution in [3.8, 4) is 0 Å². The zero-order valence-electron chi connectivity index (χ0n) is 11.1. The van der Waals surface area contributed by atoms with Gasteiger partial charge in [0.05, 0.1) is 7.11 Å². The zero-order chi connectivity index (χ0) is 12.3. The zero-order valence-corrected chi connectivity index (χ0v) is 11.1. The van der Waals surface area contributed by atoms with Gasteiger partial charge in [-0.15, -0.1) is 0 Å². The van der Waals surface area contributed by atoms with Crippen molar-refractivity contribution in [1.29, 1.82) is 0 Å². The first-order valence-corrected chi connectivity index (χ1v) is 5.96. The SMILES string of the molecule is CC.CCC.COC(=O)[C@@H]1CC(C)CN1. The molecule has 0 aliphatic carbocycles. The molecule has 0 saturated carbocycles. The lowest BCUT2D eigenvalue weighted by molar-refractivity contribution is -0.142. The molecule has 0 radical (unpaired) electrons. The number of ether oxygens (including phenoxy) is 1. The second kappa shape index (κ2) is 11.5. The van der Waals surface area contributed by atoms with E-state index < -0.39 is 0 Å². The minimum atomic E-state index is -0.135. The molecular formula is C12H27NO2. The Morgan fingerprint density at radius 1 is 1.40 bits per heavy atom. The fourth-order valence-corrected chi connectivity index (χ4v) is 1.23. The first-order valence-electron chi connectivity index (χ1n) is 5.96. The van der Waals surface area contributed by atoms with Crippen LogP contribution in [0.4, 0.5) is 0 Å². The fraction of sp³-hybridized carbons (Fsp3) is 0.917. The summed E-state index contributed by atoms with van der Waals surface area (Å²) in [6.07, 6.45) is 2.16. The molecule has 0 spiro atoms. The highest BCUT2D eigenvalue weighted by Crippen LogP contribution is 2.13. The van der Waals surface area contributed by atoms with Gasteiger partial charge in [0.2, 0.25) is 0 Å². The Labute approximate surface area is 94.6 Å². The molecule has 0 aromatic carbocycles. The largest absolute Gasteiger partial charge is 0.468 e. The summed E-state index contributed by atoms with van der Waals surface area (Å²) in [5.74, 6) is 0.466. The molecule has 1 saturated heterocycles. The highest BCUT2D eigenvalue weighted by atomic mass is 16.5. The highest BCUT2D eigenvalue weighted by molar-refractivity contribution is 5.75. The van der Waals surface area contributed by atoms with Gasteiger partial charge in [-0.2, -0.15) is 0 Å². The summed E-state index contributed by atoms with van der Waals surface area (Å²) < 4.78 is 4.58. The Morgan fingerprint density at radius 3 is 2.13 bits per heavy atom. The van der Waals surface area contributed by atoms with Crippen molar-refractivity contribution >= 4 is 5.97 Å². The van der Waals surface area contributed by atoms with Gasteiger partial charge in [-0.25, -0.2) is 0 Å². The van der Waals surface area contributed by atoms with Crippen LogP contribution in [0.3, 0.4) is 0 Å². The van der Waals surface area contributed by atoms with Crippen molar-refractivity contribution in [2.45, 2.75) is 53.5 Å². The van der Waals surface area contributed by atoms with Crippen LogP contribution in [-0.4, -0.2) is 25.7 Å². The molecule has 2 atom stereocenters. The van der Waals surface area contributed by atoms with E-state index in [2.05, 4.69) is 30.8 Å². The lowest BCUT2D eigenvalue weighted by Gasteiger charge is -2.05. The molecule has 1 rings (SSSR count). The van der Waals surface area contributed by atoms with Crippen LogP contribution >= 0.6 is 0 Å². The van der Waals surface area contributed by atoms with Crippen LogP contribution in [0.1, 0.15) is 47.5 Å². The number of hydrogen-bond donors (Lipinski definition) is 1. The summed E-state index contributed by atoms with van der Waals surface area (Å²) in [5.41, 5.74) is 0. The van der Waals surface area contributed by atoms with E-state index in [9.17, 15) is 4.79 Å². The predicted octanol–water partition coefficient (Wildman–Crippen LogP) is 2.60. The van der Waals surface area contributed by atoms with Crippen molar-refractivity contribution in [3.63, 3.8) is 0 Å². The Balaban J connectivity index is 0. The van der Waals surface area contributed by atoms with Crippen LogP contribution < -0.4 is 5.32 Å². The standard InChI is InChI=1S/C7H13NO2.C3H8.C2H6/c1-5-3-6(8-4-5)7(9)10-2;1-3-2;1-2/h5-6,8H,3-4H2,1-2H3;3H2,1-2H3;1-2H3/t5?,6-;;/m0../s1. The first kappa shape index (κ1) is 16.8. The maximum atomic E-state index is 10.9. The lowest BCUT2D eigenvalue weighted by Crippen LogP contribution is -2.31. The van der Waals surface area contributed by atoms with Crippen LogP contribution in [0.25, 0.3) is 0 Å². The molecule has 1 N–H and O–H groups in total. The van der Waals surface area contributed by atoms with Crippen LogP contribution in [-0.2, 0) is 9.53 Å². The van der Waals surface area contributed by atoms with E-state index in [1.807, 2.05) is 13.8 Å². The molecular weight excluding hydrogens is 190 g/mol. The van der Waals surface area contributed by atoms with E-state index in [0.717, 1.165) is 13.0 Å². The maximum absolute atomic E-state index is 10.9. The monoisotopic (exact) mass is 217 g/mol. The molecule has 0 aromatic heterocycles. The van der Waals surface area contributed by atoms with Gasteiger partial charge in [0, 0.05) is 0 Å². The summed E-state index contributed by atoms with van der Waals surface area (Å²) >= 11 is 0. The van der Waals surface area contributed by atoms with Crippen molar-refractivity contribution in [3.05, 3.63) is 0 Å². The van der Waals surface area contributed by atoms with Gasteiger partial charge in [-0.3, -0.25) is 4.79 Å². The number of esters is 1. The van der Waals surface area contributed by atoms with Crippen LogP contribution in [0.15, 0.2) is 0 Å². The number of carbonyl (C=O) groups is 1. The smallest absolute Gasteiger partial charge is 0.322 e. The minimum absolute atomic E-state index is 0.0556. The minimum Gasteiger partial charge on any atom is -0.468 e. The molecule has 15 heavy (non-hydrogen) atoms. The first-order chi connectivity index (χ1) is 7.15. The number of rotatable bonds is 1. The van der Waals surface area contributed by atoms with Gasteiger partial charge in [0.25, 0.3) is 0 Å². The van der Waals surface area contributed by atoms with Gasteiger partial charge < -0.3 is 10.1 Å². The third kappa shape index (κ3) is 8.43.